The van der Waals surface area contributed by atoms with Crippen LogP contribution in [-0.4, -0.2) is 26.9 Å². The molecule has 0 aromatic heterocycles. The van der Waals surface area contributed by atoms with Crippen molar-refractivity contribution in [1.82, 2.24) is 10.0 Å². The van der Waals surface area contributed by atoms with Crippen molar-refractivity contribution in [2.75, 3.05) is 6.54 Å². The molecule has 1 aromatic rings. The first-order valence-corrected chi connectivity index (χ1v) is 10.9. The van der Waals surface area contributed by atoms with Gasteiger partial charge in [0, 0.05) is 19.0 Å². The van der Waals surface area contributed by atoms with Crippen LogP contribution in [0.15, 0.2) is 23.1 Å². The summed E-state index contributed by atoms with van der Waals surface area (Å²) in [6.07, 6.45) is 10.1. The minimum atomic E-state index is -3.55. The normalized spacial score (nSPS) is 18.6. The monoisotopic (exact) mass is 364 g/mol. The smallest absolute Gasteiger partial charge is 0.240 e. The number of fused-ring (bicyclic) bond motifs is 1. The lowest BCUT2D eigenvalue weighted by Gasteiger charge is -2.22. The van der Waals surface area contributed by atoms with Crippen molar-refractivity contribution in [3.8, 4) is 0 Å². The molecular formula is C19H28N2O3S. The summed E-state index contributed by atoms with van der Waals surface area (Å²) in [7, 11) is -3.55. The molecule has 1 amide bonds. The minimum Gasteiger partial charge on any atom is -0.353 e. The Morgan fingerprint density at radius 3 is 2.48 bits per heavy atom. The standard InChI is InChI=1S/C19H28N2O3S/c22-19(21-17-8-2-1-3-9-17)12-13-20-25(23,24)18-11-10-15-6-4-5-7-16(15)14-18/h10-11,14,17,20H,1-9,12-13H2,(H,21,22). The lowest BCUT2D eigenvalue weighted by atomic mass is 9.92. The molecule has 0 bridgehead atoms. The molecule has 0 saturated heterocycles. The van der Waals surface area contributed by atoms with E-state index in [4.69, 9.17) is 0 Å². The minimum absolute atomic E-state index is 0.0694. The maximum Gasteiger partial charge on any atom is 0.240 e. The molecule has 3 rings (SSSR count). The van der Waals surface area contributed by atoms with Crippen LogP contribution in [0.25, 0.3) is 0 Å². The summed E-state index contributed by atoms with van der Waals surface area (Å²) in [5.74, 6) is -0.0694. The van der Waals surface area contributed by atoms with Gasteiger partial charge in [-0.15, -0.1) is 0 Å². The fraction of sp³-hybridized carbons (Fsp3) is 0.632. The molecule has 1 saturated carbocycles. The van der Waals surface area contributed by atoms with Crippen LogP contribution in [0.2, 0.25) is 0 Å². The highest BCUT2D eigenvalue weighted by Crippen LogP contribution is 2.24. The Hall–Kier alpha value is -1.40. The third-order valence-corrected chi connectivity index (χ3v) is 6.70. The Morgan fingerprint density at radius 2 is 1.72 bits per heavy atom. The summed E-state index contributed by atoms with van der Waals surface area (Å²) < 4.78 is 27.5. The Bertz CT molecular complexity index is 709. The third kappa shape index (κ3) is 5.05. The molecule has 0 atom stereocenters. The Morgan fingerprint density at radius 1 is 1.00 bits per heavy atom. The first-order chi connectivity index (χ1) is 12.0. The summed E-state index contributed by atoms with van der Waals surface area (Å²) in [6.45, 7) is 0.137. The highest BCUT2D eigenvalue weighted by molar-refractivity contribution is 7.89. The van der Waals surface area contributed by atoms with Gasteiger partial charge in [0.05, 0.1) is 4.90 Å². The van der Waals surface area contributed by atoms with Gasteiger partial charge in [0.1, 0.15) is 0 Å². The van der Waals surface area contributed by atoms with E-state index in [1.165, 1.54) is 18.4 Å². The SMILES string of the molecule is O=C(CCNS(=O)(=O)c1ccc2c(c1)CCCC2)NC1CCCCC1. The third-order valence-electron chi connectivity index (χ3n) is 5.24. The number of hydrogen-bond acceptors (Lipinski definition) is 3. The van der Waals surface area contributed by atoms with Crippen molar-refractivity contribution < 1.29 is 13.2 Å². The molecule has 0 spiro atoms. The predicted molar refractivity (Wildman–Crippen MR) is 97.9 cm³/mol. The van der Waals surface area contributed by atoms with Gasteiger partial charge >= 0.3 is 0 Å². The Labute approximate surface area is 150 Å². The van der Waals surface area contributed by atoms with Crippen LogP contribution >= 0.6 is 0 Å². The Balaban J connectivity index is 1.50. The maximum absolute atomic E-state index is 12.4. The van der Waals surface area contributed by atoms with Crippen molar-refractivity contribution >= 4 is 15.9 Å². The molecule has 5 nitrogen and oxygen atoms in total. The van der Waals surface area contributed by atoms with Crippen LogP contribution in [0.4, 0.5) is 0 Å². The van der Waals surface area contributed by atoms with Crippen LogP contribution in [0.5, 0.6) is 0 Å². The second-order valence-electron chi connectivity index (χ2n) is 7.19. The lowest BCUT2D eigenvalue weighted by Crippen LogP contribution is -2.38. The van der Waals surface area contributed by atoms with E-state index in [1.54, 1.807) is 12.1 Å². The van der Waals surface area contributed by atoms with E-state index in [0.717, 1.165) is 50.5 Å². The number of carbonyl (C=O) groups excluding carboxylic acids is 1. The van der Waals surface area contributed by atoms with Gasteiger partial charge in [0.2, 0.25) is 15.9 Å². The maximum atomic E-state index is 12.4. The van der Waals surface area contributed by atoms with Gasteiger partial charge in [-0.1, -0.05) is 25.3 Å². The molecule has 0 aliphatic heterocycles. The highest BCUT2D eigenvalue weighted by atomic mass is 32.2. The van der Waals surface area contributed by atoms with Crippen molar-refractivity contribution in [1.29, 1.82) is 0 Å². The molecule has 0 radical (unpaired) electrons. The van der Waals surface area contributed by atoms with E-state index in [9.17, 15) is 13.2 Å². The molecule has 2 aliphatic carbocycles. The second-order valence-corrected chi connectivity index (χ2v) is 8.95. The van der Waals surface area contributed by atoms with E-state index in [1.807, 2.05) is 6.07 Å². The predicted octanol–water partition coefficient (Wildman–Crippen LogP) is 2.68. The molecule has 25 heavy (non-hydrogen) atoms. The second kappa shape index (κ2) is 8.32. The number of rotatable bonds is 6. The molecule has 1 fully saturated rings. The Kier molecular flexibility index (Phi) is 6.12. The number of hydrogen-bond donors (Lipinski definition) is 2. The van der Waals surface area contributed by atoms with Gasteiger partial charge in [-0.05, 0) is 61.8 Å². The van der Waals surface area contributed by atoms with Gasteiger partial charge in [-0.2, -0.15) is 0 Å². The van der Waals surface area contributed by atoms with E-state index < -0.39 is 10.0 Å². The number of nitrogens with one attached hydrogen (secondary N) is 2. The number of aryl methyl sites for hydroxylation is 2. The molecule has 0 unspecified atom stereocenters. The van der Waals surface area contributed by atoms with E-state index in [-0.39, 0.29) is 24.9 Å². The fourth-order valence-electron chi connectivity index (χ4n) is 3.81. The largest absolute Gasteiger partial charge is 0.353 e. The van der Waals surface area contributed by atoms with Gasteiger partial charge < -0.3 is 5.32 Å². The van der Waals surface area contributed by atoms with Crippen molar-refractivity contribution in [3.63, 3.8) is 0 Å². The van der Waals surface area contributed by atoms with Crippen molar-refractivity contribution in [2.24, 2.45) is 0 Å². The topological polar surface area (TPSA) is 75.3 Å². The van der Waals surface area contributed by atoms with Crippen LogP contribution in [0.3, 0.4) is 0 Å². The number of carbonyl (C=O) groups is 1. The molecule has 2 N–H and O–H groups in total. The average Bonchev–Trinajstić information content (AvgIpc) is 2.62. The van der Waals surface area contributed by atoms with Gasteiger partial charge in [0.15, 0.2) is 0 Å². The zero-order valence-electron chi connectivity index (χ0n) is 14.7. The van der Waals surface area contributed by atoms with E-state index >= 15 is 0 Å². The first-order valence-electron chi connectivity index (χ1n) is 9.45. The molecule has 138 valence electrons. The summed E-state index contributed by atoms with van der Waals surface area (Å²) in [4.78, 5) is 12.3. The van der Waals surface area contributed by atoms with Crippen LogP contribution in [0.1, 0.15) is 62.5 Å². The summed E-state index contributed by atoms with van der Waals surface area (Å²) in [6, 6.07) is 5.66. The molecule has 0 heterocycles. The van der Waals surface area contributed by atoms with Crippen LogP contribution in [0, 0.1) is 0 Å². The number of amides is 1. The van der Waals surface area contributed by atoms with Gasteiger partial charge in [-0.25, -0.2) is 13.1 Å². The summed E-state index contributed by atoms with van der Waals surface area (Å²) in [5, 5.41) is 3.01. The van der Waals surface area contributed by atoms with Crippen molar-refractivity contribution in [3.05, 3.63) is 29.3 Å². The van der Waals surface area contributed by atoms with Crippen LogP contribution < -0.4 is 10.0 Å². The zero-order chi connectivity index (χ0) is 17.7. The molecule has 2 aliphatic rings. The summed E-state index contributed by atoms with van der Waals surface area (Å²) in [5.41, 5.74) is 2.40. The van der Waals surface area contributed by atoms with Gasteiger partial charge in [0.25, 0.3) is 0 Å². The van der Waals surface area contributed by atoms with E-state index in [2.05, 4.69) is 10.0 Å². The molecule has 6 heteroatoms. The summed E-state index contributed by atoms with van der Waals surface area (Å²) >= 11 is 0. The van der Waals surface area contributed by atoms with Gasteiger partial charge in [-0.3, -0.25) is 4.79 Å². The number of benzene rings is 1. The van der Waals surface area contributed by atoms with Crippen molar-refractivity contribution in [2.45, 2.75) is 75.1 Å². The lowest BCUT2D eigenvalue weighted by molar-refractivity contribution is -0.121. The molecular weight excluding hydrogens is 336 g/mol. The zero-order valence-corrected chi connectivity index (χ0v) is 15.5. The highest BCUT2D eigenvalue weighted by Gasteiger charge is 2.19. The average molecular weight is 365 g/mol. The fourth-order valence-corrected chi connectivity index (χ4v) is 4.89. The quantitative estimate of drug-likeness (QED) is 0.815. The van der Waals surface area contributed by atoms with Crippen LogP contribution in [-0.2, 0) is 27.7 Å². The van der Waals surface area contributed by atoms with E-state index in [0.29, 0.717) is 4.90 Å². The molecule has 1 aromatic carbocycles. The number of sulfonamides is 1. The first kappa shape index (κ1) is 18.4.